The molecule has 3 heterocycles. The van der Waals surface area contributed by atoms with Gasteiger partial charge in [-0.15, -0.1) is 0 Å². The Kier molecular flexibility index (Phi) is 4.70. The first-order valence-electron chi connectivity index (χ1n) is 11.1. The summed E-state index contributed by atoms with van der Waals surface area (Å²) in [6, 6.07) is 15.9. The van der Waals surface area contributed by atoms with Crippen LogP contribution in [0.25, 0.3) is 0 Å². The largest absolute Gasteiger partial charge is 0.329 e. The van der Waals surface area contributed by atoms with Gasteiger partial charge in [-0.1, -0.05) is 56.2 Å². The number of piperidine rings is 1. The van der Waals surface area contributed by atoms with Crippen LogP contribution in [0.3, 0.4) is 0 Å². The number of pyridine rings is 1. The van der Waals surface area contributed by atoms with Crippen LogP contribution in [0.1, 0.15) is 60.6 Å². The van der Waals surface area contributed by atoms with E-state index in [4.69, 9.17) is 0 Å². The van der Waals surface area contributed by atoms with Crippen LogP contribution in [-0.2, 0) is 6.42 Å². The van der Waals surface area contributed by atoms with Crippen molar-refractivity contribution in [2.24, 2.45) is 5.41 Å². The number of likely N-dealkylation sites (tertiary alicyclic amines) is 1. The Labute approximate surface area is 173 Å². The van der Waals surface area contributed by atoms with Gasteiger partial charge in [0.1, 0.15) is 5.69 Å². The molecule has 5 atom stereocenters. The number of aryl methyl sites for hydroxylation is 1. The first-order valence-corrected chi connectivity index (χ1v) is 11.1. The van der Waals surface area contributed by atoms with Gasteiger partial charge in [0.15, 0.2) is 0 Å². The molecule has 1 amide bonds. The molecular weight excluding hydrogens is 358 g/mol. The van der Waals surface area contributed by atoms with Crippen LogP contribution in [-0.4, -0.2) is 40.0 Å². The highest BCUT2D eigenvalue weighted by molar-refractivity contribution is 5.94. The van der Waals surface area contributed by atoms with Gasteiger partial charge in [0.05, 0.1) is 0 Å². The van der Waals surface area contributed by atoms with Gasteiger partial charge in [-0.25, -0.2) is 0 Å². The Balaban J connectivity index is 1.54. The first kappa shape index (κ1) is 18.8. The van der Waals surface area contributed by atoms with Crippen molar-refractivity contribution in [3.63, 3.8) is 0 Å². The average molecular weight is 390 g/mol. The molecule has 2 aromatic rings. The second-order valence-corrected chi connectivity index (χ2v) is 9.47. The summed E-state index contributed by atoms with van der Waals surface area (Å²) in [6.45, 7) is 4.42. The lowest BCUT2D eigenvalue weighted by atomic mass is 9.70. The second kappa shape index (κ2) is 7.24. The van der Waals surface area contributed by atoms with Gasteiger partial charge in [-0.3, -0.25) is 9.78 Å². The number of nitrogens with one attached hydrogen (secondary N) is 1. The maximum Gasteiger partial charge on any atom is 0.273 e. The molecule has 0 unspecified atom stereocenters. The second-order valence-electron chi connectivity index (χ2n) is 9.47. The van der Waals surface area contributed by atoms with Gasteiger partial charge in [0.25, 0.3) is 5.91 Å². The summed E-state index contributed by atoms with van der Waals surface area (Å²) < 4.78 is 0. The molecule has 1 N–H and O–H groups in total. The first-order chi connectivity index (χ1) is 14.1. The van der Waals surface area contributed by atoms with Crippen LogP contribution in [0.4, 0.5) is 0 Å². The van der Waals surface area contributed by atoms with Gasteiger partial charge in [0, 0.05) is 35.8 Å². The minimum absolute atomic E-state index is 0.129. The van der Waals surface area contributed by atoms with Crippen molar-refractivity contribution in [2.45, 2.75) is 76.5 Å². The molecule has 1 saturated carbocycles. The molecule has 29 heavy (non-hydrogen) atoms. The molecule has 0 radical (unpaired) electrons. The summed E-state index contributed by atoms with van der Waals surface area (Å²) in [5, 5.41) is 4.01. The van der Waals surface area contributed by atoms with Crippen molar-refractivity contribution in [3.8, 4) is 0 Å². The van der Waals surface area contributed by atoms with Gasteiger partial charge < -0.3 is 10.2 Å². The molecular formula is C25H31N3O. The third kappa shape index (κ3) is 3.09. The zero-order valence-corrected chi connectivity index (χ0v) is 17.5. The summed E-state index contributed by atoms with van der Waals surface area (Å²) in [5.41, 5.74) is 3.10. The van der Waals surface area contributed by atoms with Crippen molar-refractivity contribution in [2.75, 3.05) is 0 Å². The van der Waals surface area contributed by atoms with E-state index in [-0.39, 0.29) is 17.4 Å². The van der Waals surface area contributed by atoms with Crippen molar-refractivity contribution >= 4 is 5.91 Å². The summed E-state index contributed by atoms with van der Waals surface area (Å²) in [6.07, 6.45) is 8.60. The van der Waals surface area contributed by atoms with E-state index < -0.39 is 0 Å². The Bertz CT molecular complexity index is 898. The number of nitrogens with zero attached hydrogens (tertiary/aromatic N) is 2. The van der Waals surface area contributed by atoms with E-state index in [1.165, 1.54) is 24.8 Å². The van der Waals surface area contributed by atoms with Crippen LogP contribution in [0.2, 0.25) is 0 Å². The lowest BCUT2D eigenvalue weighted by Crippen LogP contribution is -2.57. The summed E-state index contributed by atoms with van der Waals surface area (Å²) in [4.78, 5) is 20.5. The zero-order chi connectivity index (χ0) is 20.0. The minimum Gasteiger partial charge on any atom is -0.329 e. The molecule has 1 aromatic heterocycles. The highest BCUT2D eigenvalue weighted by atomic mass is 16.2. The van der Waals surface area contributed by atoms with Crippen molar-refractivity contribution in [3.05, 3.63) is 65.5 Å². The fourth-order valence-corrected chi connectivity index (χ4v) is 6.26. The highest BCUT2D eigenvalue weighted by Gasteiger charge is 2.60. The van der Waals surface area contributed by atoms with E-state index in [2.05, 4.69) is 52.5 Å². The van der Waals surface area contributed by atoms with E-state index in [0.29, 0.717) is 23.8 Å². The van der Waals surface area contributed by atoms with Crippen LogP contribution in [0, 0.1) is 12.3 Å². The number of hydrogen-bond donors (Lipinski definition) is 1. The highest BCUT2D eigenvalue weighted by Crippen LogP contribution is 2.52. The molecule has 4 heteroatoms. The summed E-state index contributed by atoms with van der Waals surface area (Å²) in [5.74, 6) is 0.129. The number of rotatable bonds is 3. The number of amides is 1. The van der Waals surface area contributed by atoms with Crippen molar-refractivity contribution < 1.29 is 4.79 Å². The Morgan fingerprint density at radius 3 is 2.76 bits per heavy atom. The average Bonchev–Trinajstić information content (AvgIpc) is 2.88. The van der Waals surface area contributed by atoms with E-state index in [1.54, 1.807) is 6.20 Å². The Morgan fingerprint density at radius 2 is 1.97 bits per heavy atom. The quantitative estimate of drug-likeness (QED) is 0.858. The zero-order valence-electron chi connectivity index (χ0n) is 17.5. The molecule has 1 aliphatic carbocycles. The van der Waals surface area contributed by atoms with Crippen LogP contribution in [0.15, 0.2) is 48.7 Å². The van der Waals surface area contributed by atoms with E-state index in [0.717, 1.165) is 24.8 Å². The molecule has 1 aromatic carbocycles. The van der Waals surface area contributed by atoms with Crippen LogP contribution >= 0.6 is 0 Å². The third-order valence-corrected chi connectivity index (χ3v) is 7.74. The number of fused-ring (bicyclic) bond motifs is 1. The maximum atomic E-state index is 13.8. The normalized spacial score (nSPS) is 33.4. The smallest absolute Gasteiger partial charge is 0.273 e. The molecule has 2 bridgehead atoms. The number of carbonyl (C=O) groups excluding carboxylic acids is 1. The molecule has 3 aliphatic rings. The van der Waals surface area contributed by atoms with E-state index >= 15 is 0 Å². The summed E-state index contributed by atoms with van der Waals surface area (Å²) in [7, 11) is 0. The fourth-order valence-electron chi connectivity index (χ4n) is 6.26. The molecule has 4 nitrogen and oxygen atoms in total. The monoisotopic (exact) mass is 389 g/mol. The fraction of sp³-hybridized carbons (Fsp3) is 0.520. The number of benzene rings is 1. The third-order valence-electron chi connectivity index (χ3n) is 7.74. The SMILES string of the molecule is Cc1cccnc1C(=O)N1[C@H]2CCCC[C@H]3N[C@H](Cc4ccccc4)[C@@H]1C[C@@]23C. The van der Waals surface area contributed by atoms with Crippen LogP contribution < -0.4 is 5.32 Å². The lowest BCUT2D eigenvalue weighted by Gasteiger charge is -2.43. The molecule has 2 aliphatic heterocycles. The predicted molar refractivity (Wildman–Crippen MR) is 115 cm³/mol. The number of aromatic nitrogens is 1. The van der Waals surface area contributed by atoms with Gasteiger partial charge in [0.2, 0.25) is 0 Å². The van der Waals surface area contributed by atoms with E-state index in [1.807, 2.05) is 19.1 Å². The number of hydrogen-bond acceptors (Lipinski definition) is 3. The molecule has 0 spiro atoms. The van der Waals surface area contributed by atoms with Crippen molar-refractivity contribution in [1.82, 2.24) is 15.2 Å². The Hall–Kier alpha value is -2.20. The maximum absolute atomic E-state index is 13.8. The molecule has 152 valence electrons. The number of carbonyl (C=O) groups is 1. The van der Waals surface area contributed by atoms with Gasteiger partial charge in [-0.2, -0.15) is 0 Å². The molecule has 3 fully saturated rings. The topological polar surface area (TPSA) is 45.2 Å². The van der Waals surface area contributed by atoms with Gasteiger partial charge in [-0.05, 0) is 49.8 Å². The lowest BCUT2D eigenvalue weighted by molar-refractivity contribution is 0.0605. The van der Waals surface area contributed by atoms with Crippen molar-refractivity contribution in [1.29, 1.82) is 0 Å². The minimum atomic E-state index is 0.129. The standard InChI is InChI=1S/C25H31N3O/c1-17-9-8-14-26-23(17)24(29)28-20-16-25(2)21(12-6-7-13-22(25)28)27-19(20)15-18-10-4-3-5-11-18/h3-5,8-11,14,19-22,27H,6-7,12-13,15-16H2,1-2H3/t19-,20+,21-,22+,25-/m1/s1. The predicted octanol–water partition coefficient (Wildman–Crippen LogP) is 4.14. The van der Waals surface area contributed by atoms with Crippen LogP contribution in [0.5, 0.6) is 0 Å². The molecule has 2 saturated heterocycles. The molecule has 5 rings (SSSR count). The van der Waals surface area contributed by atoms with E-state index in [9.17, 15) is 4.79 Å². The Morgan fingerprint density at radius 1 is 1.17 bits per heavy atom. The van der Waals surface area contributed by atoms with Gasteiger partial charge >= 0.3 is 0 Å². The summed E-state index contributed by atoms with van der Waals surface area (Å²) >= 11 is 0.